The van der Waals surface area contributed by atoms with Crippen molar-refractivity contribution < 1.29 is 56.2 Å². The molecule has 6 aromatic rings. The molecule has 0 aliphatic carbocycles. The molecule has 0 unspecified atom stereocenters. The Hall–Kier alpha value is -6.70. The molecule has 0 saturated carbocycles. The second-order valence-electron chi connectivity index (χ2n) is 11.2. The summed E-state index contributed by atoms with van der Waals surface area (Å²) in [7, 11) is 15.2. The van der Waals surface area contributed by atoms with Gasteiger partial charge in [-0.25, -0.2) is 0 Å². The molecule has 6 rings (SSSR count). The quantitative estimate of drug-likeness (QED) is 0.126. The third-order valence-corrected chi connectivity index (χ3v) is 8.35. The first-order valence-corrected chi connectivity index (χ1v) is 16.1. The van der Waals surface area contributed by atoms with Gasteiger partial charge in [0.1, 0.15) is 56.5 Å². The molecule has 0 atom stereocenters. The van der Waals surface area contributed by atoms with Gasteiger partial charge in [0.25, 0.3) is 0 Å². The minimum absolute atomic E-state index is 0.237. The van der Waals surface area contributed by atoms with Gasteiger partial charge in [-0.1, -0.05) is 0 Å². The third-order valence-electron chi connectivity index (χ3n) is 8.35. The number of benzene rings is 4. The average Bonchev–Trinajstić information content (AvgIpc) is 3.21. The number of methoxy groups -OCH3 is 10. The van der Waals surface area contributed by atoms with Crippen LogP contribution in [0, 0.1) is 0 Å². The number of fused-ring (bicyclic) bond motifs is 2. The molecule has 2 heterocycles. The summed E-state index contributed by atoms with van der Waals surface area (Å²) in [5, 5.41) is 0.684. The molecule has 0 spiro atoms. The fourth-order valence-corrected chi connectivity index (χ4v) is 5.75. The normalized spacial score (nSPS) is 10.6. The predicted molar refractivity (Wildman–Crippen MR) is 201 cm³/mol. The van der Waals surface area contributed by atoms with Crippen LogP contribution in [0.25, 0.3) is 44.6 Å². The molecule has 4 aromatic carbocycles. The van der Waals surface area contributed by atoms with Crippen molar-refractivity contribution in [3.63, 3.8) is 0 Å². The minimum Gasteiger partial charge on any atom is -0.496 e. The number of ether oxygens (including phenoxy) is 10. The Morgan fingerprint density at radius 3 is 0.926 bits per heavy atom. The largest absolute Gasteiger partial charge is 0.496 e. The molecule has 14 nitrogen and oxygen atoms in total. The molecule has 2 aromatic heterocycles. The van der Waals surface area contributed by atoms with E-state index in [1.165, 1.54) is 83.2 Å². The van der Waals surface area contributed by atoms with Gasteiger partial charge >= 0.3 is 0 Å². The van der Waals surface area contributed by atoms with Crippen LogP contribution < -0.4 is 58.2 Å². The fraction of sp³-hybridized carbons (Fsp3) is 0.250. The summed E-state index contributed by atoms with van der Waals surface area (Å²) in [6.45, 7) is 0. The van der Waals surface area contributed by atoms with E-state index in [1.807, 2.05) is 0 Å². The monoisotopic (exact) mass is 744 g/mol. The van der Waals surface area contributed by atoms with Gasteiger partial charge < -0.3 is 56.2 Å². The molecular formula is C40H40O14. The lowest BCUT2D eigenvalue weighted by atomic mass is 10.1. The van der Waals surface area contributed by atoms with E-state index in [0.717, 1.165) is 0 Å². The Kier molecular flexibility index (Phi) is 12.0. The molecular weight excluding hydrogens is 704 g/mol. The summed E-state index contributed by atoms with van der Waals surface area (Å²) >= 11 is 0. The topological polar surface area (TPSA) is 153 Å². The van der Waals surface area contributed by atoms with Crippen molar-refractivity contribution in [1.82, 2.24) is 0 Å². The Bertz CT molecular complexity index is 2190. The summed E-state index contributed by atoms with van der Waals surface area (Å²) in [5.41, 5.74) is 1.43. The van der Waals surface area contributed by atoms with Crippen molar-refractivity contribution in [3.05, 3.63) is 81.1 Å². The van der Waals surface area contributed by atoms with Crippen LogP contribution in [-0.4, -0.2) is 71.1 Å². The third kappa shape index (κ3) is 7.44. The molecule has 0 fully saturated rings. The number of hydrogen-bond donors (Lipinski definition) is 0. The van der Waals surface area contributed by atoms with E-state index >= 15 is 0 Å². The lowest BCUT2D eigenvalue weighted by Gasteiger charge is -2.14. The first-order valence-electron chi connectivity index (χ1n) is 16.1. The van der Waals surface area contributed by atoms with Crippen LogP contribution in [-0.2, 0) is 0 Å². The van der Waals surface area contributed by atoms with Gasteiger partial charge in [-0.3, -0.25) is 9.59 Å². The second kappa shape index (κ2) is 16.8. The van der Waals surface area contributed by atoms with Crippen molar-refractivity contribution in [2.24, 2.45) is 0 Å². The molecule has 284 valence electrons. The van der Waals surface area contributed by atoms with E-state index in [1.54, 1.807) is 48.5 Å². The van der Waals surface area contributed by atoms with Crippen LogP contribution in [0.3, 0.4) is 0 Å². The molecule has 14 heteroatoms. The van der Waals surface area contributed by atoms with E-state index < -0.39 is 0 Å². The molecule has 54 heavy (non-hydrogen) atoms. The van der Waals surface area contributed by atoms with Gasteiger partial charge in [0.2, 0.25) is 11.5 Å². The van der Waals surface area contributed by atoms with Crippen molar-refractivity contribution in [2.45, 2.75) is 0 Å². The Morgan fingerprint density at radius 2 is 0.667 bits per heavy atom. The van der Waals surface area contributed by atoms with Crippen LogP contribution >= 0.6 is 0 Å². The molecule has 0 saturated heterocycles. The average molecular weight is 745 g/mol. The lowest BCUT2D eigenvalue weighted by Crippen LogP contribution is -2.03. The van der Waals surface area contributed by atoms with Crippen molar-refractivity contribution >= 4 is 21.9 Å². The van der Waals surface area contributed by atoms with E-state index in [0.29, 0.717) is 102 Å². The zero-order valence-corrected chi connectivity index (χ0v) is 31.5. The van der Waals surface area contributed by atoms with Crippen molar-refractivity contribution in [2.75, 3.05) is 71.1 Å². The van der Waals surface area contributed by atoms with Crippen molar-refractivity contribution in [1.29, 1.82) is 0 Å². The highest BCUT2D eigenvalue weighted by atomic mass is 16.5. The molecule has 0 aliphatic heterocycles. The maximum atomic E-state index is 12.7. The Balaban J connectivity index is 0.000000208. The van der Waals surface area contributed by atoms with Gasteiger partial charge in [0.05, 0.1) is 71.1 Å². The van der Waals surface area contributed by atoms with Crippen LogP contribution in [0.1, 0.15) is 0 Å². The van der Waals surface area contributed by atoms with Gasteiger partial charge in [-0.15, -0.1) is 0 Å². The zero-order chi connectivity index (χ0) is 39.1. The Labute approximate surface area is 310 Å². The number of rotatable bonds is 12. The van der Waals surface area contributed by atoms with Gasteiger partial charge in [-0.2, -0.15) is 0 Å². The first kappa shape index (κ1) is 38.5. The molecule has 0 amide bonds. The van der Waals surface area contributed by atoms with E-state index in [2.05, 4.69) is 0 Å². The standard InChI is InChI=1S/2C20H20O7/c2*1-22-12-8-15(23-2)19-13(21)10-14(27-16(19)9-12)11-6-17(24-3)20(26-5)18(7-11)25-4/h2*6-10H,1-5H3. The minimum atomic E-state index is -0.237. The van der Waals surface area contributed by atoms with Gasteiger partial charge in [0.15, 0.2) is 33.9 Å². The summed E-state index contributed by atoms with van der Waals surface area (Å²) in [4.78, 5) is 25.4. The van der Waals surface area contributed by atoms with Crippen LogP contribution in [0.5, 0.6) is 57.5 Å². The SMILES string of the molecule is COc1cc(OC)c2c(=O)cc(-c3cc(OC)c(OC)c(OC)c3)oc2c1.COc1cc(OC)c2c(=O)cc(-c3cc(OC)c(OC)c(OC)c3)oc2c1. The van der Waals surface area contributed by atoms with E-state index in [9.17, 15) is 9.59 Å². The Morgan fingerprint density at radius 1 is 0.352 bits per heavy atom. The van der Waals surface area contributed by atoms with E-state index in [-0.39, 0.29) is 10.9 Å². The summed E-state index contributed by atoms with van der Waals surface area (Å²) in [6.07, 6.45) is 0. The van der Waals surface area contributed by atoms with Crippen LogP contribution in [0.15, 0.2) is 79.1 Å². The second-order valence-corrected chi connectivity index (χ2v) is 11.2. The number of hydrogen-bond acceptors (Lipinski definition) is 14. The summed E-state index contributed by atoms with van der Waals surface area (Å²) in [6, 6.07) is 16.2. The highest BCUT2D eigenvalue weighted by Crippen LogP contribution is 2.43. The maximum Gasteiger partial charge on any atom is 0.203 e. The molecule has 0 bridgehead atoms. The fourth-order valence-electron chi connectivity index (χ4n) is 5.75. The predicted octanol–water partition coefficient (Wildman–Crippen LogP) is 7.01. The van der Waals surface area contributed by atoms with Crippen molar-refractivity contribution in [3.8, 4) is 80.1 Å². The van der Waals surface area contributed by atoms with Crippen LogP contribution in [0.2, 0.25) is 0 Å². The summed E-state index contributed by atoms with van der Waals surface area (Å²) < 4.78 is 65.2. The molecule has 0 aliphatic rings. The zero-order valence-electron chi connectivity index (χ0n) is 31.5. The van der Waals surface area contributed by atoms with E-state index in [4.69, 9.17) is 56.2 Å². The van der Waals surface area contributed by atoms with Crippen LogP contribution in [0.4, 0.5) is 0 Å². The smallest absolute Gasteiger partial charge is 0.203 e. The molecule has 0 radical (unpaired) electrons. The first-order chi connectivity index (χ1) is 26.1. The lowest BCUT2D eigenvalue weighted by molar-refractivity contribution is 0.324. The molecule has 0 N–H and O–H groups in total. The highest BCUT2D eigenvalue weighted by molar-refractivity contribution is 5.88. The highest BCUT2D eigenvalue weighted by Gasteiger charge is 2.20. The van der Waals surface area contributed by atoms with Gasteiger partial charge in [0, 0.05) is 47.5 Å². The maximum absolute atomic E-state index is 12.7. The van der Waals surface area contributed by atoms with Gasteiger partial charge in [-0.05, 0) is 24.3 Å². The summed E-state index contributed by atoms with van der Waals surface area (Å²) in [5.74, 6) is 5.24.